The third-order valence-electron chi connectivity index (χ3n) is 2.50. The molecule has 0 aromatic heterocycles. The number of aryl methyl sites for hydroxylation is 1. The molecule has 0 heterocycles. The van der Waals surface area contributed by atoms with Crippen molar-refractivity contribution < 1.29 is 4.74 Å². The van der Waals surface area contributed by atoms with E-state index in [2.05, 4.69) is 0 Å². The summed E-state index contributed by atoms with van der Waals surface area (Å²) in [6.07, 6.45) is 0.705. The summed E-state index contributed by atoms with van der Waals surface area (Å²) >= 11 is 6.02. The fraction of sp³-hybridized carbons (Fsp3) is 0.500. The molecule has 90 valence electrons. The number of halogens is 1. The van der Waals surface area contributed by atoms with Crippen molar-refractivity contribution in [2.45, 2.75) is 32.4 Å². The Balaban J connectivity index is 3.10. The molecule has 3 nitrogen and oxygen atoms in total. The highest BCUT2D eigenvalue weighted by molar-refractivity contribution is 6.30. The highest BCUT2D eigenvalue weighted by Gasteiger charge is 2.16. The zero-order valence-electron chi connectivity index (χ0n) is 9.96. The van der Waals surface area contributed by atoms with E-state index >= 15 is 0 Å². The lowest BCUT2D eigenvalue weighted by atomic mass is 9.98. The van der Waals surface area contributed by atoms with E-state index < -0.39 is 0 Å². The van der Waals surface area contributed by atoms with Gasteiger partial charge in [-0.15, -0.1) is 0 Å². The van der Waals surface area contributed by atoms with E-state index in [-0.39, 0.29) is 12.1 Å². The van der Waals surface area contributed by atoms with Gasteiger partial charge in [0.25, 0.3) is 0 Å². The summed E-state index contributed by atoms with van der Waals surface area (Å²) in [6, 6.07) is 3.62. The zero-order valence-corrected chi connectivity index (χ0v) is 10.7. The molecule has 4 heteroatoms. The molecule has 0 aliphatic heterocycles. The van der Waals surface area contributed by atoms with Gasteiger partial charge < -0.3 is 16.2 Å². The van der Waals surface area contributed by atoms with Gasteiger partial charge in [0.1, 0.15) is 5.75 Å². The third kappa shape index (κ3) is 3.11. The van der Waals surface area contributed by atoms with Crippen LogP contribution in [-0.4, -0.2) is 13.2 Å². The average Bonchev–Trinajstić information content (AvgIpc) is 2.15. The van der Waals surface area contributed by atoms with Crippen molar-refractivity contribution >= 4 is 11.6 Å². The Kier molecular flexibility index (Phi) is 4.59. The van der Waals surface area contributed by atoms with Crippen molar-refractivity contribution in [2.24, 2.45) is 11.5 Å². The monoisotopic (exact) mass is 242 g/mol. The van der Waals surface area contributed by atoms with Crippen LogP contribution in [0.15, 0.2) is 12.1 Å². The molecule has 1 aromatic rings. The number of hydrogen-bond acceptors (Lipinski definition) is 3. The predicted molar refractivity (Wildman–Crippen MR) is 67.9 cm³/mol. The van der Waals surface area contributed by atoms with E-state index in [1.54, 1.807) is 7.11 Å². The van der Waals surface area contributed by atoms with Crippen molar-refractivity contribution in [2.75, 3.05) is 7.11 Å². The lowest BCUT2D eigenvalue weighted by Crippen LogP contribution is -2.23. The Morgan fingerprint density at radius 3 is 2.50 bits per heavy atom. The van der Waals surface area contributed by atoms with Gasteiger partial charge in [-0.25, -0.2) is 0 Å². The molecule has 0 fully saturated rings. The standard InChI is InChI=1S/C12H19ClN2O/c1-7-4-9(13)6-10(12(7)16-3)11(15)5-8(2)14/h4,6,8,11H,5,14-15H2,1-3H3. The van der Waals surface area contributed by atoms with E-state index in [0.717, 1.165) is 16.9 Å². The van der Waals surface area contributed by atoms with Crippen LogP contribution >= 0.6 is 11.6 Å². The first-order chi connectivity index (χ1) is 7.45. The van der Waals surface area contributed by atoms with Gasteiger partial charge in [-0.3, -0.25) is 0 Å². The van der Waals surface area contributed by atoms with Gasteiger partial charge in [-0.05, 0) is 38.0 Å². The molecule has 0 saturated heterocycles. The van der Waals surface area contributed by atoms with Crippen molar-refractivity contribution in [3.05, 3.63) is 28.3 Å². The maximum absolute atomic E-state index is 6.09. The SMILES string of the molecule is COc1c(C)cc(Cl)cc1C(N)CC(C)N. The summed E-state index contributed by atoms with van der Waals surface area (Å²) in [7, 11) is 1.64. The van der Waals surface area contributed by atoms with Crippen LogP contribution < -0.4 is 16.2 Å². The quantitative estimate of drug-likeness (QED) is 0.852. The molecule has 0 radical (unpaired) electrons. The molecular formula is C12H19ClN2O. The summed E-state index contributed by atoms with van der Waals surface area (Å²) < 4.78 is 5.35. The Morgan fingerprint density at radius 2 is 2.00 bits per heavy atom. The predicted octanol–water partition coefficient (Wildman–Crippen LogP) is 2.39. The molecular weight excluding hydrogens is 224 g/mol. The van der Waals surface area contributed by atoms with Gasteiger partial charge in [0.05, 0.1) is 7.11 Å². The fourth-order valence-electron chi connectivity index (χ4n) is 1.84. The van der Waals surface area contributed by atoms with Gasteiger partial charge in [-0.1, -0.05) is 11.6 Å². The van der Waals surface area contributed by atoms with E-state index in [9.17, 15) is 0 Å². The second-order valence-corrected chi connectivity index (χ2v) is 4.60. The lowest BCUT2D eigenvalue weighted by Gasteiger charge is -2.19. The van der Waals surface area contributed by atoms with Crippen molar-refractivity contribution in [1.82, 2.24) is 0 Å². The van der Waals surface area contributed by atoms with Gasteiger partial charge in [0.15, 0.2) is 0 Å². The number of methoxy groups -OCH3 is 1. The average molecular weight is 243 g/mol. The minimum atomic E-state index is -0.146. The lowest BCUT2D eigenvalue weighted by molar-refractivity contribution is 0.399. The van der Waals surface area contributed by atoms with E-state index in [1.807, 2.05) is 26.0 Å². The second-order valence-electron chi connectivity index (χ2n) is 4.16. The largest absolute Gasteiger partial charge is 0.496 e. The van der Waals surface area contributed by atoms with E-state index in [4.69, 9.17) is 27.8 Å². The molecule has 4 N–H and O–H groups in total. The first-order valence-corrected chi connectivity index (χ1v) is 5.68. The maximum Gasteiger partial charge on any atom is 0.126 e. The highest BCUT2D eigenvalue weighted by atomic mass is 35.5. The highest BCUT2D eigenvalue weighted by Crippen LogP contribution is 2.32. The molecule has 0 saturated carbocycles. The van der Waals surface area contributed by atoms with Gasteiger partial charge in [-0.2, -0.15) is 0 Å². The zero-order chi connectivity index (χ0) is 12.3. The summed E-state index contributed by atoms with van der Waals surface area (Å²) in [5.41, 5.74) is 13.7. The van der Waals surface area contributed by atoms with Crippen molar-refractivity contribution in [3.8, 4) is 5.75 Å². The summed E-state index contributed by atoms with van der Waals surface area (Å²) in [4.78, 5) is 0. The van der Waals surface area contributed by atoms with Crippen molar-refractivity contribution in [1.29, 1.82) is 0 Å². The van der Waals surface area contributed by atoms with Crippen LogP contribution in [0.1, 0.15) is 30.5 Å². The maximum atomic E-state index is 6.09. The summed E-state index contributed by atoms with van der Waals surface area (Å²) in [5, 5.41) is 0.674. The first-order valence-electron chi connectivity index (χ1n) is 5.31. The minimum Gasteiger partial charge on any atom is -0.496 e. The van der Waals surface area contributed by atoms with Crippen LogP contribution in [0.3, 0.4) is 0 Å². The van der Waals surface area contributed by atoms with Gasteiger partial charge in [0.2, 0.25) is 0 Å². The third-order valence-corrected chi connectivity index (χ3v) is 2.72. The molecule has 0 bridgehead atoms. The van der Waals surface area contributed by atoms with Crippen LogP contribution in [0.25, 0.3) is 0 Å². The molecule has 2 unspecified atom stereocenters. The van der Waals surface area contributed by atoms with Crippen LogP contribution in [-0.2, 0) is 0 Å². The Morgan fingerprint density at radius 1 is 1.38 bits per heavy atom. The minimum absolute atomic E-state index is 0.0546. The summed E-state index contributed by atoms with van der Waals surface area (Å²) in [5.74, 6) is 0.803. The van der Waals surface area contributed by atoms with Gasteiger partial charge >= 0.3 is 0 Å². The van der Waals surface area contributed by atoms with Crippen molar-refractivity contribution in [3.63, 3.8) is 0 Å². The topological polar surface area (TPSA) is 61.3 Å². The Hall–Kier alpha value is -0.770. The first kappa shape index (κ1) is 13.3. The number of rotatable bonds is 4. The smallest absolute Gasteiger partial charge is 0.126 e. The number of ether oxygens (including phenoxy) is 1. The Labute approximate surface area is 102 Å². The fourth-order valence-corrected chi connectivity index (χ4v) is 2.12. The molecule has 2 atom stereocenters. The number of benzene rings is 1. The molecule has 0 aliphatic carbocycles. The molecule has 16 heavy (non-hydrogen) atoms. The van der Waals surface area contributed by atoms with Crippen LogP contribution in [0.2, 0.25) is 5.02 Å². The number of nitrogens with two attached hydrogens (primary N) is 2. The summed E-state index contributed by atoms with van der Waals surface area (Å²) in [6.45, 7) is 3.89. The van der Waals surface area contributed by atoms with Gasteiger partial charge in [0, 0.05) is 22.7 Å². The second kappa shape index (κ2) is 5.53. The van der Waals surface area contributed by atoms with E-state index in [1.165, 1.54) is 0 Å². The molecule has 1 rings (SSSR count). The van der Waals surface area contributed by atoms with E-state index in [0.29, 0.717) is 11.4 Å². The van der Waals surface area contributed by atoms with Crippen LogP contribution in [0.5, 0.6) is 5.75 Å². The molecule has 0 spiro atoms. The number of hydrogen-bond donors (Lipinski definition) is 2. The Bertz CT molecular complexity index is 366. The van der Waals surface area contributed by atoms with Crippen LogP contribution in [0, 0.1) is 6.92 Å². The van der Waals surface area contributed by atoms with Crippen LogP contribution in [0.4, 0.5) is 0 Å². The molecule has 1 aromatic carbocycles. The molecule has 0 aliphatic rings. The normalized spacial score (nSPS) is 14.6. The molecule has 0 amide bonds.